The molecule has 0 spiro atoms. The Labute approximate surface area is 133 Å². The maximum Gasteiger partial charge on any atom is 0.241 e. The molecule has 4 heteroatoms. The molecule has 0 aliphatic carbocycles. The van der Waals surface area contributed by atoms with Gasteiger partial charge in [0.25, 0.3) is 0 Å². The summed E-state index contributed by atoms with van der Waals surface area (Å²) in [5.74, 6) is 0.0555. The zero-order valence-corrected chi connectivity index (χ0v) is 13.9. The normalized spacial score (nSPS) is 23.5. The standard InChI is InChI=1S/C18H28N2O2/c1-13-9-10-14(2)20(13)15(3)18(22)19-17-8-4-6-16(12-17)7-5-11-21/h4,6,8,12-15,21H,5,7,9-11H2,1-3H3,(H,19,22). The van der Waals surface area contributed by atoms with Crippen LogP contribution in [-0.4, -0.2) is 40.6 Å². The molecule has 1 aliphatic heterocycles. The van der Waals surface area contributed by atoms with Crippen LogP contribution >= 0.6 is 0 Å². The van der Waals surface area contributed by atoms with Crippen molar-refractivity contribution in [2.75, 3.05) is 11.9 Å². The minimum absolute atomic E-state index is 0.0555. The van der Waals surface area contributed by atoms with E-state index in [0.717, 1.165) is 36.9 Å². The quantitative estimate of drug-likeness (QED) is 0.849. The minimum Gasteiger partial charge on any atom is -0.396 e. The van der Waals surface area contributed by atoms with E-state index in [0.29, 0.717) is 12.1 Å². The van der Waals surface area contributed by atoms with E-state index >= 15 is 0 Å². The second-order valence-corrected chi connectivity index (χ2v) is 6.42. The van der Waals surface area contributed by atoms with Gasteiger partial charge in [-0.1, -0.05) is 12.1 Å². The maximum atomic E-state index is 12.5. The van der Waals surface area contributed by atoms with Crippen LogP contribution in [0.4, 0.5) is 5.69 Å². The summed E-state index contributed by atoms with van der Waals surface area (Å²) in [5, 5.41) is 11.9. The van der Waals surface area contributed by atoms with Gasteiger partial charge in [0.15, 0.2) is 0 Å². The molecule has 0 bridgehead atoms. The second-order valence-electron chi connectivity index (χ2n) is 6.42. The number of amides is 1. The Bertz CT molecular complexity index is 494. The first-order valence-electron chi connectivity index (χ1n) is 8.31. The third kappa shape index (κ3) is 4.08. The second kappa shape index (κ2) is 7.75. The van der Waals surface area contributed by atoms with Crippen molar-refractivity contribution in [3.05, 3.63) is 29.8 Å². The largest absolute Gasteiger partial charge is 0.396 e. The Kier molecular flexibility index (Phi) is 5.98. The zero-order valence-electron chi connectivity index (χ0n) is 13.9. The highest BCUT2D eigenvalue weighted by molar-refractivity contribution is 5.94. The molecule has 1 saturated heterocycles. The molecule has 1 aliphatic rings. The summed E-state index contributed by atoms with van der Waals surface area (Å²) in [6.07, 6.45) is 3.90. The van der Waals surface area contributed by atoms with Gasteiger partial charge in [-0.2, -0.15) is 0 Å². The van der Waals surface area contributed by atoms with Crippen LogP contribution in [0.2, 0.25) is 0 Å². The highest BCUT2D eigenvalue weighted by Gasteiger charge is 2.34. The van der Waals surface area contributed by atoms with Gasteiger partial charge in [-0.05, 0) is 64.2 Å². The molecule has 0 aromatic heterocycles. The number of hydrogen-bond donors (Lipinski definition) is 2. The molecule has 2 rings (SSSR count). The molecule has 22 heavy (non-hydrogen) atoms. The molecule has 1 aromatic carbocycles. The highest BCUT2D eigenvalue weighted by atomic mass is 16.2. The molecular formula is C18H28N2O2. The van der Waals surface area contributed by atoms with E-state index in [1.165, 1.54) is 0 Å². The van der Waals surface area contributed by atoms with Crippen molar-refractivity contribution in [1.29, 1.82) is 0 Å². The summed E-state index contributed by atoms with van der Waals surface area (Å²) in [6, 6.07) is 8.71. The van der Waals surface area contributed by atoms with Crippen LogP contribution in [0.5, 0.6) is 0 Å². The molecule has 1 fully saturated rings. The predicted molar refractivity (Wildman–Crippen MR) is 89.9 cm³/mol. The number of carbonyl (C=O) groups excluding carboxylic acids is 1. The summed E-state index contributed by atoms with van der Waals surface area (Å²) >= 11 is 0. The van der Waals surface area contributed by atoms with Gasteiger partial charge in [-0.25, -0.2) is 0 Å². The predicted octanol–water partition coefficient (Wildman–Crippen LogP) is 2.81. The van der Waals surface area contributed by atoms with Gasteiger partial charge in [-0.3, -0.25) is 9.69 Å². The summed E-state index contributed by atoms with van der Waals surface area (Å²) in [4.78, 5) is 14.8. The average Bonchev–Trinajstić information content (AvgIpc) is 2.84. The third-order valence-corrected chi connectivity index (χ3v) is 4.66. The van der Waals surface area contributed by atoms with E-state index < -0.39 is 0 Å². The van der Waals surface area contributed by atoms with Crippen LogP contribution in [0.25, 0.3) is 0 Å². The molecular weight excluding hydrogens is 276 g/mol. The number of carbonyl (C=O) groups is 1. The van der Waals surface area contributed by atoms with Gasteiger partial charge in [0.1, 0.15) is 0 Å². The van der Waals surface area contributed by atoms with Crippen molar-refractivity contribution in [3.8, 4) is 0 Å². The van der Waals surface area contributed by atoms with Crippen molar-refractivity contribution in [3.63, 3.8) is 0 Å². The molecule has 1 amide bonds. The van der Waals surface area contributed by atoms with Gasteiger partial charge in [0.05, 0.1) is 6.04 Å². The lowest BCUT2D eigenvalue weighted by Gasteiger charge is -2.31. The van der Waals surface area contributed by atoms with Gasteiger partial charge in [0.2, 0.25) is 5.91 Å². The smallest absolute Gasteiger partial charge is 0.241 e. The summed E-state index contributed by atoms with van der Waals surface area (Å²) in [6.45, 7) is 6.58. The molecule has 0 saturated carbocycles. The topological polar surface area (TPSA) is 52.6 Å². The number of nitrogens with one attached hydrogen (secondary N) is 1. The fraction of sp³-hybridized carbons (Fsp3) is 0.611. The SMILES string of the molecule is CC1CCC(C)N1C(C)C(=O)Nc1cccc(CCCO)c1. The Morgan fingerprint density at radius 2 is 2.05 bits per heavy atom. The minimum atomic E-state index is -0.117. The third-order valence-electron chi connectivity index (χ3n) is 4.66. The van der Waals surface area contributed by atoms with Crippen molar-refractivity contribution >= 4 is 11.6 Å². The number of aryl methyl sites for hydroxylation is 1. The molecule has 0 radical (unpaired) electrons. The Balaban J connectivity index is 1.99. The number of aliphatic hydroxyl groups is 1. The van der Waals surface area contributed by atoms with E-state index in [1.807, 2.05) is 31.2 Å². The van der Waals surface area contributed by atoms with E-state index in [-0.39, 0.29) is 18.6 Å². The van der Waals surface area contributed by atoms with Crippen molar-refractivity contribution in [2.24, 2.45) is 0 Å². The fourth-order valence-electron chi connectivity index (χ4n) is 3.45. The molecule has 122 valence electrons. The monoisotopic (exact) mass is 304 g/mol. The Morgan fingerprint density at radius 3 is 2.68 bits per heavy atom. The number of nitrogens with zero attached hydrogens (tertiary/aromatic N) is 1. The Hall–Kier alpha value is -1.39. The van der Waals surface area contributed by atoms with E-state index in [2.05, 4.69) is 24.1 Å². The first-order valence-corrected chi connectivity index (χ1v) is 8.31. The number of benzene rings is 1. The van der Waals surface area contributed by atoms with E-state index in [4.69, 9.17) is 5.11 Å². The number of rotatable bonds is 6. The number of aliphatic hydroxyl groups excluding tert-OH is 1. The van der Waals surface area contributed by atoms with Crippen molar-refractivity contribution in [2.45, 2.75) is 64.6 Å². The van der Waals surface area contributed by atoms with Crippen LogP contribution in [0.1, 0.15) is 45.6 Å². The molecule has 4 nitrogen and oxygen atoms in total. The van der Waals surface area contributed by atoms with Gasteiger partial charge in [-0.15, -0.1) is 0 Å². The number of anilines is 1. The van der Waals surface area contributed by atoms with Gasteiger partial charge >= 0.3 is 0 Å². The van der Waals surface area contributed by atoms with Gasteiger partial charge < -0.3 is 10.4 Å². The van der Waals surface area contributed by atoms with Crippen LogP contribution in [0.3, 0.4) is 0 Å². The fourth-order valence-corrected chi connectivity index (χ4v) is 3.45. The molecule has 2 N–H and O–H groups in total. The van der Waals surface area contributed by atoms with E-state index in [9.17, 15) is 4.79 Å². The zero-order chi connectivity index (χ0) is 16.1. The summed E-state index contributed by atoms with van der Waals surface area (Å²) < 4.78 is 0. The lowest BCUT2D eigenvalue weighted by molar-refractivity contribution is -0.121. The number of likely N-dealkylation sites (tertiary alicyclic amines) is 1. The lowest BCUT2D eigenvalue weighted by atomic mass is 10.1. The van der Waals surface area contributed by atoms with Gasteiger partial charge in [0, 0.05) is 24.4 Å². The van der Waals surface area contributed by atoms with Crippen LogP contribution < -0.4 is 5.32 Å². The van der Waals surface area contributed by atoms with Crippen molar-refractivity contribution < 1.29 is 9.90 Å². The van der Waals surface area contributed by atoms with Crippen LogP contribution in [0, 0.1) is 0 Å². The summed E-state index contributed by atoms with van der Waals surface area (Å²) in [7, 11) is 0. The average molecular weight is 304 g/mol. The highest BCUT2D eigenvalue weighted by Crippen LogP contribution is 2.26. The van der Waals surface area contributed by atoms with Crippen LogP contribution in [-0.2, 0) is 11.2 Å². The Morgan fingerprint density at radius 1 is 1.36 bits per heavy atom. The lowest BCUT2D eigenvalue weighted by Crippen LogP contribution is -2.46. The maximum absolute atomic E-state index is 12.5. The van der Waals surface area contributed by atoms with Crippen LogP contribution in [0.15, 0.2) is 24.3 Å². The van der Waals surface area contributed by atoms with Crippen molar-refractivity contribution in [1.82, 2.24) is 4.90 Å². The number of hydrogen-bond acceptors (Lipinski definition) is 3. The first-order chi connectivity index (χ1) is 10.5. The molecule has 1 aromatic rings. The molecule has 1 heterocycles. The summed E-state index contributed by atoms with van der Waals surface area (Å²) in [5.41, 5.74) is 1.98. The first kappa shape index (κ1) is 17.0. The molecule has 3 atom stereocenters. The molecule has 3 unspecified atom stereocenters. The van der Waals surface area contributed by atoms with E-state index in [1.54, 1.807) is 0 Å².